The van der Waals surface area contributed by atoms with Crippen LogP contribution in [-0.4, -0.2) is 74.2 Å². The second-order valence-electron chi connectivity index (χ2n) is 8.37. The summed E-state index contributed by atoms with van der Waals surface area (Å²) in [7, 11) is -2.04. The SMILES string of the molecule is C/C=C\C(=C/O)N1CC2(CCN(CCc3cccc(S(=O)(=O)NC)c3)CC2)OC(C)C1=O. The van der Waals surface area contributed by atoms with Gasteiger partial charge < -0.3 is 19.6 Å². The fraction of sp³-hybridized carbons (Fsp3) is 0.522. The fourth-order valence-corrected chi connectivity index (χ4v) is 5.17. The highest BCUT2D eigenvalue weighted by Gasteiger charge is 2.45. The van der Waals surface area contributed by atoms with E-state index in [1.54, 1.807) is 42.2 Å². The van der Waals surface area contributed by atoms with E-state index in [9.17, 15) is 18.3 Å². The monoisotopic (exact) mass is 463 g/mol. The molecule has 2 aliphatic heterocycles. The summed E-state index contributed by atoms with van der Waals surface area (Å²) in [5, 5.41) is 9.61. The van der Waals surface area contributed by atoms with Crippen LogP contribution in [0.25, 0.3) is 0 Å². The van der Waals surface area contributed by atoms with Gasteiger partial charge in [0.1, 0.15) is 12.4 Å². The molecule has 32 heavy (non-hydrogen) atoms. The van der Waals surface area contributed by atoms with Crippen molar-refractivity contribution < 1.29 is 23.1 Å². The lowest BCUT2D eigenvalue weighted by Crippen LogP contribution is -2.60. The standard InChI is InChI=1S/C23H33N3O5S/c1-4-6-20(16-27)26-17-23(31-18(2)22(26)28)10-13-25(14-11-23)12-9-19-7-5-8-21(15-19)32(29,30)24-3/h4-8,15-16,18,24,27H,9-14,17H2,1-3H3/b6-4-,20-16+. The normalized spacial score (nSPS) is 22.7. The largest absolute Gasteiger partial charge is 0.513 e. The third-order valence-corrected chi connectivity index (χ3v) is 7.64. The van der Waals surface area contributed by atoms with Crippen LogP contribution in [0.15, 0.2) is 53.3 Å². The maximum absolute atomic E-state index is 12.6. The molecule has 1 amide bonds. The van der Waals surface area contributed by atoms with Gasteiger partial charge >= 0.3 is 0 Å². The second kappa shape index (κ2) is 10.2. The van der Waals surface area contributed by atoms with Gasteiger partial charge in [-0.05, 0) is 63.9 Å². The van der Waals surface area contributed by atoms with E-state index in [2.05, 4.69) is 9.62 Å². The van der Waals surface area contributed by atoms with E-state index < -0.39 is 21.7 Å². The van der Waals surface area contributed by atoms with Gasteiger partial charge in [0.25, 0.3) is 5.91 Å². The minimum atomic E-state index is -3.45. The Labute approximate surface area is 190 Å². The van der Waals surface area contributed by atoms with Crippen LogP contribution in [0.1, 0.15) is 32.3 Å². The molecular weight excluding hydrogens is 430 g/mol. The number of nitrogens with zero attached hydrogens (tertiary/aromatic N) is 2. The highest BCUT2D eigenvalue weighted by atomic mass is 32.2. The molecule has 2 aliphatic rings. The number of ether oxygens (including phenoxy) is 1. The zero-order valence-corrected chi connectivity index (χ0v) is 19.8. The second-order valence-corrected chi connectivity index (χ2v) is 10.3. The molecule has 1 unspecified atom stereocenters. The van der Waals surface area contributed by atoms with Gasteiger partial charge in [-0.15, -0.1) is 0 Å². The van der Waals surface area contributed by atoms with Crippen molar-refractivity contribution in [1.29, 1.82) is 0 Å². The number of carbonyl (C=O) groups excluding carboxylic acids is 1. The Bertz CT molecular complexity index is 981. The molecule has 2 saturated heterocycles. The van der Waals surface area contributed by atoms with Crippen LogP contribution >= 0.6 is 0 Å². The summed E-state index contributed by atoms with van der Waals surface area (Å²) in [6.45, 7) is 6.49. The molecular formula is C23H33N3O5S. The van der Waals surface area contributed by atoms with Gasteiger partial charge in [-0.2, -0.15) is 0 Å². The van der Waals surface area contributed by atoms with E-state index in [1.165, 1.54) is 7.05 Å². The molecule has 0 bridgehead atoms. The predicted molar refractivity (Wildman–Crippen MR) is 123 cm³/mol. The third-order valence-electron chi connectivity index (χ3n) is 6.23. The molecule has 2 heterocycles. The molecule has 1 spiro atoms. The first-order valence-electron chi connectivity index (χ1n) is 10.9. The summed E-state index contributed by atoms with van der Waals surface area (Å²) in [5.41, 5.74) is 1.02. The molecule has 0 radical (unpaired) electrons. The summed E-state index contributed by atoms with van der Waals surface area (Å²) < 4.78 is 32.6. The number of benzene rings is 1. The average Bonchev–Trinajstić information content (AvgIpc) is 2.80. The quantitative estimate of drug-likeness (QED) is 0.475. The van der Waals surface area contributed by atoms with Gasteiger partial charge in [-0.25, -0.2) is 13.1 Å². The van der Waals surface area contributed by atoms with Crippen molar-refractivity contribution in [3.63, 3.8) is 0 Å². The van der Waals surface area contributed by atoms with Gasteiger partial charge in [0.15, 0.2) is 0 Å². The Hall–Kier alpha value is -2.20. The molecule has 0 saturated carbocycles. The van der Waals surface area contributed by atoms with E-state index in [1.807, 2.05) is 13.0 Å². The minimum absolute atomic E-state index is 0.146. The number of carbonyl (C=O) groups is 1. The van der Waals surface area contributed by atoms with Gasteiger partial charge in [-0.3, -0.25) is 4.79 Å². The molecule has 8 nitrogen and oxygen atoms in total. The lowest BCUT2D eigenvalue weighted by Gasteiger charge is -2.49. The van der Waals surface area contributed by atoms with E-state index in [0.717, 1.165) is 50.7 Å². The van der Waals surface area contributed by atoms with Crippen molar-refractivity contribution in [1.82, 2.24) is 14.5 Å². The highest BCUT2D eigenvalue weighted by molar-refractivity contribution is 7.89. The number of hydrogen-bond acceptors (Lipinski definition) is 6. The Kier molecular flexibility index (Phi) is 7.76. The molecule has 0 aromatic heterocycles. The molecule has 0 aliphatic carbocycles. The molecule has 2 N–H and O–H groups in total. The van der Waals surface area contributed by atoms with Crippen LogP contribution in [0.3, 0.4) is 0 Å². The zero-order chi connectivity index (χ0) is 23.4. The van der Waals surface area contributed by atoms with Crippen LogP contribution in [0, 0.1) is 0 Å². The molecule has 9 heteroatoms. The van der Waals surface area contributed by atoms with E-state index in [-0.39, 0.29) is 10.8 Å². The van der Waals surface area contributed by atoms with Crippen molar-refractivity contribution in [3.05, 3.63) is 53.9 Å². The van der Waals surface area contributed by atoms with E-state index in [4.69, 9.17) is 4.74 Å². The van der Waals surface area contributed by atoms with Gasteiger partial charge in [0.2, 0.25) is 10.0 Å². The van der Waals surface area contributed by atoms with Crippen molar-refractivity contribution in [2.75, 3.05) is 33.2 Å². The first-order chi connectivity index (χ1) is 15.2. The summed E-state index contributed by atoms with van der Waals surface area (Å²) in [6, 6.07) is 7.03. The fourth-order valence-electron chi connectivity index (χ4n) is 4.37. The van der Waals surface area contributed by atoms with Crippen LogP contribution in [-0.2, 0) is 26.0 Å². The van der Waals surface area contributed by atoms with Gasteiger partial charge in [0.05, 0.1) is 22.7 Å². The minimum Gasteiger partial charge on any atom is -0.513 e. The Morgan fingerprint density at radius 1 is 1.34 bits per heavy atom. The number of piperidine rings is 1. The molecule has 1 aromatic rings. The maximum Gasteiger partial charge on any atom is 0.256 e. The van der Waals surface area contributed by atoms with Crippen LogP contribution in [0.2, 0.25) is 0 Å². The number of sulfonamides is 1. The lowest BCUT2D eigenvalue weighted by molar-refractivity contribution is -0.185. The van der Waals surface area contributed by atoms with Crippen molar-refractivity contribution in [3.8, 4) is 0 Å². The Balaban J connectivity index is 1.61. The third kappa shape index (κ3) is 5.40. The summed E-state index contributed by atoms with van der Waals surface area (Å²) >= 11 is 0. The summed E-state index contributed by atoms with van der Waals surface area (Å²) in [5.74, 6) is -0.146. The number of rotatable bonds is 7. The van der Waals surface area contributed by atoms with Crippen LogP contribution < -0.4 is 4.72 Å². The van der Waals surface area contributed by atoms with Crippen molar-refractivity contribution in [2.45, 2.75) is 49.7 Å². The number of amides is 1. The molecule has 3 rings (SSSR count). The first kappa shape index (κ1) is 24.4. The number of hydrogen-bond donors (Lipinski definition) is 2. The number of aliphatic hydroxyl groups excluding tert-OH is 1. The van der Waals surface area contributed by atoms with Crippen molar-refractivity contribution >= 4 is 15.9 Å². The van der Waals surface area contributed by atoms with E-state index >= 15 is 0 Å². The zero-order valence-electron chi connectivity index (χ0n) is 19.0. The molecule has 1 atom stereocenters. The van der Waals surface area contributed by atoms with Gasteiger partial charge in [0, 0.05) is 19.6 Å². The summed E-state index contributed by atoms with van der Waals surface area (Å²) in [6.07, 6.45) is 6.24. The highest BCUT2D eigenvalue weighted by Crippen LogP contribution is 2.34. The average molecular weight is 464 g/mol. The maximum atomic E-state index is 12.6. The Morgan fingerprint density at radius 2 is 2.06 bits per heavy atom. The molecule has 1 aromatic carbocycles. The van der Waals surface area contributed by atoms with Crippen LogP contribution in [0.5, 0.6) is 0 Å². The number of allylic oxidation sites excluding steroid dienone is 2. The predicted octanol–water partition coefficient (Wildman–Crippen LogP) is 2.19. The Morgan fingerprint density at radius 3 is 2.69 bits per heavy atom. The van der Waals surface area contributed by atoms with Gasteiger partial charge in [-0.1, -0.05) is 18.2 Å². The first-order valence-corrected chi connectivity index (χ1v) is 12.4. The smallest absolute Gasteiger partial charge is 0.256 e. The number of likely N-dealkylation sites (tertiary alicyclic amines) is 1. The van der Waals surface area contributed by atoms with Crippen LogP contribution in [0.4, 0.5) is 0 Å². The van der Waals surface area contributed by atoms with Crippen molar-refractivity contribution in [2.24, 2.45) is 0 Å². The van der Waals surface area contributed by atoms with E-state index in [0.29, 0.717) is 12.2 Å². The topological polar surface area (TPSA) is 99.2 Å². The molecule has 176 valence electrons. The number of nitrogens with one attached hydrogen (secondary N) is 1. The number of morpholine rings is 1. The summed E-state index contributed by atoms with van der Waals surface area (Å²) in [4.78, 5) is 16.9. The number of aliphatic hydroxyl groups is 1. The lowest BCUT2D eigenvalue weighted by atomic mass is 9.88. The molecule has 2 fully saturated rings.